The molecule has 0 spiro atoms. The van der Waals surface area contributed by atoms with Crippen LogP contribution in [0.1, 0.15) is 17.5 Å². The summed E-state index contributed by atoms with van der Waals surface area (Å²) in [4.78, 5) is 24.3. The van der Waals surface area contributed by atoms with Crippen molar-refractivity contribution in [3.05, 3.63) is 68.5 Å². The Morgan fingerprint density at radius 1 is 1.15 bits per heavy atom. The van der Waals surface area contributed by atoms with Gasteiger partial charge in [0.25, 0.3) is 5.56 Å². The largest absolute Gasteiger partial charge is 0.331 e. The zero-order valence-corrected chi connectivity index (χ0v) is 12.1. The van der Waals surface area contributed by atoms with Crippen molar-refractivity contribution in [2.75, 3.05) is 5.88 Å². The van der Waals surface area contributed by atoms with Crippen LogP contribution in [0.25, 0.3) is 0 Å². The molecule has 0 aliphatic heterocycles. The van der Waals surface area contributed by atoms with Gasteiger partial charge in [-0.3, -0.25) is 13.9 Å². The highest BCUT2D eigenvalue weighted by Crippen LogP contribution is 2.01. The molecule has 5 heteroatoms. The molecular formula is C15H17ClN2O2. The quantitative estimate of drug-likeness (QED) is 0.791. The number of halogens is 1. The third-order valence-electron chi connectivity index (χ3n) is 3.12. The van der Waals surface area contributed by atoms with Crippen molar-refractivity contribution in [3.63, 3.8) is 0 Å². The summed E-state index contributed by atoms with van der Waals surface area (Å²) in [5.41, 5.74) is 1.07. The van der Waals surface area contributed by atoms with Gasteiger partial charge in [0.1, 0.15) is 0 Å². The van der Waals surface area contributed by atoms with Crippen molar-refractivity contribution >= 4 is 11.6 Å². The average Bonchev–Trinajstić information content (AvgIpc) is 2.46. The minimum absolute atomic E-state index is 0.232. The van der Waals surface area contributed by atoms with Crippen LogP contribution in [0.4, 0.5) is 0 Å². The van der Waals surface area contributed by atoms with E-state index in [1.54, 1.807) is 17.7 Å². The zero-order valence-electron chi connectivity index (χ0n) is 11.4. The van der Waals surface area contributed by atoms with E-state index in [2.05, 4.69) is 0 Å². The van der Waals surface area contributed by atoms with Crippen molar-refractivity contribution < 1.29 is 0 Å². The topological polar surface area (TPSA) is 44.0 Å². The second-order valence-electron chi connectivity index (χ2n) is 4.71. The van der Waals surface area contributed by atoms with E-state index in [0.29, 0.717) is 31.0 Å². The fourth-order valence-corrected chi connectivity index (χ4v) is 2.23. The number of hydrogen-bond acceptors (Lipinski definition) is 2. The molecule has 1 heterocycles. The lowest BCUT2D eigenvalue weighted by Crippen LogP contribution is -2.41. The summed E-state index contributed by atoms with van der Waals surface area (Å²) >= 11 is 5.64. The molecule has 0 saturated heterocycles. The van der Waals surface area contributed by atoms with Crippen LogP contribution in [0.15, 0.2) is 46.1 Å². The third kappa shape index (κ3) is 3.20. The van der Waals surface area contributed by atoms with Gasteiger partial charge < -0.3 is 0 Å². The summed E-state index contributed by atoms with van der Waals surface area (Å²) in [7, 11) is 0. The van der Waals surface area contributed by atoms with Gasteiger partial charge in [0, 0.05) is 24.2 Å². The maximum atomic E-state index is 12.3. The highest BCUT2D eigenvalue weighted by atomic mass is 35.5. The SMILES string of the molecule is Cc1cn(Cc2ccccc2)c(=O)n(CCCCl)c1=O. The summed E-state index contributed by atoms with van der Waals surface area (Å²) in [6, 6.07) is 9.69. The molecule has 0 bridgehead atoms. The van der Waals surface area contributed by atoms with Crippen LogP contribution in [0.5, 0.6) is 0 Å². The van der Waals surface area contributed by atoms with E-state index >= 15 is 0 Å². The number of alkyl halides is 1. The molecule has 0 unspecified atom stereocenters. The first kappa shape index (κ1) is 14.6. The van der Waals surface area contributed by atoms with Crippen molar-refractivity contribution in [1.29, 1.82) is 0 Å². The van der Waals surface area contributed by atoms with Crippen molar-refractivity contribution in [1.82, 2.24) is 9.13 Å². The Kier molecular flexibility index (Phi) is 4.79. The van der Waals surface area contributed by atoms with Gasteiger partial charge in [0.2, 0.25) is 0 Å². The first-order valence-corrected chi connectivity index (χ1v) is 7.07. The second-order valence-corrected chi connectivity index (χ2v) is 5.09. The van der Waals surface area contributed by atoms with Gasteiger partial charge in [0.15, 0.2) is 0 Å². The Morgan fingerprint density at radius 2 is 1.85 bits per heavy atom. The maximum Gasteiger partial charge on any atom is 0.331 e. The van der Waals surface area contributed by atoms with E-state index in [4.69, 9.17) is 11.6 Å². The maximum absolute atomic E-state index is 12.3. The lowest BCUT2D eigenvalue weighted by atomic mass is 10.2. The smallest absolute Gasteiger partial charge is 0.296 e. The molecule has 0 radical (unpaired) electrons. The van der Waals surface area contributed by atoms with Crippen LogP contribution in [0.2, 0.25) is 0 Å². The van der Waals surface area contributed by atoms with Gasteiger partial charge in [-0.05, 0) is 18.9 Å². The van der Waals surface area contributed by atoms with E-state index in [-0.39, 0.29) is 11.2 Å². The van der Waals surface area contributed by atoms with Crippen molar-refractivity contribution in [2.24, 2.45) is 0 Å². The van der Waals surface area contributed by atoms with E-state index in [1.807, 2.05) is 30.3 Å². The normalized spacial score (nSPS) is 10.7. The molecule has 0 saturated carbocycles. The molecule has 4 nitrogen and oxygen atoms in total. The molecule has 1 aromatic carbocycles. The molecule has 0 aliphatic rings. The van der Waals surface area contributed by atoms with Crippen molar-refractivity contribution in [2.45, 2.75) is 26.4 Å². The number of benzene rings is 1. The number of rotatable bonds is 5. The molecule has 1 aromatic heterocycles. The molecule has 0 fully saturated rings. The van der Waals surface area contributed by atoms with Crippen LogP contribution in [-0.2, 0) is 13.1 Å². The summed E-state index contributed by atoms with van der Waals surface area (Å²) in [5.74, 6) is 0.429. The highest BCUT2D eigenvalue weighted by molar-refractivity contribution is 6.17. The lowest BCUT2D eigenvalue weighted by molar-refractivity contribution is 0.562. The summed E-state index contributed by atoms with van der Waals surface area (Å²) in [5, 5.41) is 0. The van der Waals surface area contributed by atoms with E-state index in [1.165, 1.54) is 4.57 Å². The number of aryl methyl sites for hydroxylation is 1. The van der Waals surface area contributed by atoms with Gasteiger partial charge in [-0.15, -0.1) is 11.6 Å². The summed E-state index contributed by atoms with van der Waals surface area (Å²) < 4.78 is 2.83. The molecule has 2 aromatic rings. The predicted molar refractivity (Wildman–Crippen MR) is 80.6 cm³/mol. The first-order valence-electron chi connectivity index (χ1n) is 6.54. The molecule has 0 N–H and O–H groups in total. The number of aromatic nitrogens is 2. The molecule has 0 atom stereocenters. The molecule has 0 amide bonds. The minimum atomic E-state index is -0.283. The van der Waals surface area contributed by atoms with Gasteiger partial charge in [-0.1, -0.05) is 30.3 Å². The van der Waals surface area contributed by atoms with Gasteiger partial charge in [-0.2, -0.15) is 0 Å². The monoisotopic (exact) mass is 292 g/mol. The Balaban J connectivity index is 2.42. The average molecular weight is 293 g/mol. The van der Waals surface area contributed by atoms with Crippen LogP contribution < -0.4 is 11.2 Å². The van der Waals surface area contributed by atoms with Gasteiger partial charge in [-0.25, -0.2) is 4.79 Å². The van der Waals surface area contributed by atoms with Crippen molar-refractivity contribution in [3.8, 4) is 0 Å². The molecule has 20 heavy (non-hydrogen) atoms. The van der Waals surface area contributed by atoms with E-state index in [9.17, 15) is 9.59 Å². The number of hydrogen-bond donors (Lipinski definition) is 0. The van der Waals surface area contributed by atoms with Crippen LogP contribution in [0, 0.1) is 6.92 Å². The summed E-state index contributed by atoms with van der Waals surface area (Å²) in [6.07, 6.45) is 2.22. The molecule has 0 aliphatic carbocycles. The predicted octanol–water partition coefficient (Wildman–Crippen LogP) is 2.00. The van der Waals surface area contributed by atoms with Crippen LogP contribution in [0.3, 0.4) is 0 Å². The zero-order chi connectivity index (χ0) is 14.5. The number of nitrogens with zero attached hydrogens (tertiary/aromatic N) is 2. The van der Waals surface area contributed by atoms with Crippen LogP contribution in [-0.4, -0.2) is 15.0 Å². The Hall–Kier alpha value is -1.81. The van der Waals surface area contributed by atoms with Gasteiger partial charge >= 0.3 is 5.69 Å². The third-order valence-corrected chi connectivity index (χ3v) is 3.39. The Morgan fingerprint density at radius 3 is 2.50 bits per heavy atom. The molecule has 2 rings (SSSR count). The Bertz CT molecular complexity index is 689. The first-order chi connectivity index (χ1) is 9.63. The fraction of sp³-hybridized carbons (Fsp3) is 0.333. The second kappa shape index (κ2) is 6.57. The summed E-state index contributed by atoms with van der Waals surface area (Å²) in [6.45, 7) is 2.54. The Labute approximate surface area is 122 Å². The highest BCUT2D eigenvalue weighted by Gasteiger charge is 2.08. The lowest BCUT2D eigenvalue weighted by Gasteiger charge is -2.11. The van der Waals surface area contributed by atoms with E-state index < -0.39 is 0 Å². The molecular weight excluding hydrogens is 276 g/mol. The van der Waals surface area contributed by atoms with E-state index in [0.717, 1.165) is 5.56 Å². The van der Waals surface area contributed by atoms with Gasteiger partial charge in [0.05, 0.1) is 6.54 Å². The fourth-order valence-electron chi connectivity index (χ4n) is 2.11. The molecule has 106 valence electrons. The van der Waals surface area contributed by atoms with Crippen LogP contribution >= 0.6 is 11.6 Å². The minimum Gasteiger partial charge on any atom is -0.296 e. The standard InChI is InChI=1S/C15H17ClN2O2/c1-12-10-17(11-13-6-3-2-4-7-13)15(20)18(14(12)19)9-5-8-16/h2-4,6-7,10H,5,8-9,11H2,1H3.